The van der Waals surface area contributed by atoms with Gasteiger partial charge in [-0.25, -0.2) is 9.18 Å². The Morgan fingerprint density at radius 3 is 2.59 bits per heavy atom. The number of hydrogen-bond donors (Lipinski definition) is 1. The van der Waals surface area contributed by atoms with Gasteiger partial charge in [0.2, 0.25) is 0 Å². The van der Waals surface area contributed by atoms with Crippen molar-refractivity contribution in [3.63, 3.8) is 0 Å². The number of aryl methyl sites for hydroxylation is 6. The van der Waals surface area contributed by atoms with Crippen LogP contribution in [0.1, 0.15) is 50.8 Å². The molecule has 8 bridgehead atoms. The van der Waals surface area contributed by atoms with Gasteiger partial charge < -0.3 is 28.6 Å². The average molecular weight is 804 g/mol. The van der Waals surface area contributed by atoms with E-state index >= 15 is 0 Å². The number of aromatic carboxylic acids is 1. The van der Waals surface area contributed by atoms with Gasteiger partial charge in [-0.1, -0.05) is 17.7 Å². The summed E-state index contributed by atoms with van der Waals surface area (Å²) in [6.45, 7) is 7.46. The lowest BCUT2D eigenvalue weighted by molar-refractivity contribution is 0.0224. The second-order valence-corrected chi connectivity index (χ2v) is 15.4. The predicted molar refractivity (Wildman–Crippen MR) is 218 cm³/mol. The van der Waals surface area contributed by atoms with Crippen LogP contribution in [0.2, 0.25) is 5.02 Å². The number of benzene rings is 3. The summed E-state index contributed by atoms with van der Waals surface area (Å²) in [4.78, 5) is 12.9. The van der Waals surface area contributed by atoms with Crippen molar-refractivity contribution in [2.45, 2.75) is 57.7 Å². The Labute approximate surface area is 334 Å². The highest BCUT2D eigenvalue weighted by atomic mass is 35.5. The van der Waals surface area contributed by atoms with Crippen molar-refractivity contribution in [1.29, 1.82) is 0 Å². The summed E-state index contributed by atoms with van der Waals surface area (Å²) in [5, 5.41) is 23.3. The second kappa shape index (κ2) is 17.8. The van der Waals surface area contributed by atoms with Crippen LogP contribution in [0.15, 0.2) is 48.5 Å². The number of thioether (sulfide) groups is 1. The minimum absolute atomic E-state index is 0.210. The molecule has 7 rings (SSSR count). The molecule has 1 N–H and O–H groups in total. The molecule has 4 heterocycles. The van der Waals surface area contributed by atoms with E-state index in [1.807, 2.05) is 59.1 Å². The number of carbonyl (C=O) groups is 1. The zero-order chi connectivity index (χ0) is 39.3. The van der Waals surface area contributed by atoms with Gasteiger partial charge in [-0.15, -0.1) is 11.8 Å². The van der Waals surface area contributed by atoms with Crippen LogP contribution < -0.4 is 4.74 Å². The molecule has 0 radical (unpaired) electrons. The molecule has 0 atom stereocenters. The van der Waals surface area contributed by atoms with Crippen LogP contribution in [0, 0.1) is 19.7 Å². The number of methoxy groups -OCH3 is 1. The number of fused-ring (bicyclic) bond motifs is 8. The highest BCUT2D eigenvalue weighted by Crippen LogP contribution is 2.43. The first-order valence-corrected chi connectivity index (χ1v) is 20.4. The Kier molecular flexibility index (Phi) is 12.7. The fraction of sp³-hybridized carbons (Fsp3) is 0.405. The molecule has 1 aliphatic heterocycles. The lowest BCUT2D eigenvalue weighted by Crippen LogP contribution is -2.14. The molecule has 3 aromatic heterocycles. The highest BCUT2D eigenvalue weighted by Gasteiger charge is 2.27. The van der Waals surface area contributed by atoms with Gasteiger partial charge in [-0.3, -0.25) is 9.36 Å². The first-order valence-electron chi connectivity index (χ1n) is 18.8. The normalized spacial score (nSPS) is 13.9. The summed E-state index contributed by atoms with van der Waals surface area (Å²) in [7, 11) is 3.61. The van der Waals surface area contributed by atoms with Crippen molar-refractivity contribution in [3.05, 3.63) is 99.0 Å². The molecule has 0 saturated carbocycles. The van der Waals surface area contributed by atoms with Crippen LogP contribution in [-0.2, 0) is 58.7 Å². The predicted octanol–water partition coefficient (Wildman–Crippen LogP) is 8.18. The molecule has 56 heavy (non-hydrogen) atoms. The summed E-state index contributed by atoms with van der Waals surface area (Å²) >= 11 is 8.85. The number of rotatable bonds is 10. The lowest BCUT2D eigenvalue weighted by Gasteiger charge is -2.14. The van der Waals surface area contributed by atoms with Gasteiger partial charge in [0.15, 0.2) is 0 Å². The van der Waals surface area contributed by atoms with E-state index < -0.39 is 5.97 Å². The Balaban J connectivity index is 1.28. The van der Waals surface area contributed by atoms with Crippen LogP contribution in [0.5, 0.6) is 5.75 Å². The Morgan fingerprint density at radius 2 is 1.79 bits per heavy atom. The third kappa shape index (κ3) is 8.47. The van der Waals surface area contributed by atoms with Gasteiger partial charge in [0.25, 0.3) is 0 Å². The molecule has 296 valence electrons. The summed E-state index contributed by atoms with van der Waals surface area (Å²) in [6.07, 6.45) is 2.00. The molecule has 0 fully saturated rings. The maximum atomic E-state index is 14.4. The van der Waals surface area contributed by atoms with Gasteiger partial charge in [0.1, 0.15) is 17.3 Å². The zero-order valence-corrected chi connectivity index (χ0v) is 33.8. The molecule has 14 heteroatoms. The van der Waals surface area contributed by atoms with Crippen LogP contribution in [0.4, 0.5) is 4.39 Å². The Bertz CT molecular complexity index is 2370. The number of hydrogen-bond acceptors (Lipinski definition) is 8. The topological polar surface area (TPSA) is 115 Å². The smallest absolute Gasteiger partial charge is 0.352 e. The van der Waals surface area contributed by atoms with Crippen LogP contribution in [0.3, 0.4) is 0 Å². The quantitative estimate of drug-likeness (QED) is 0.137. The number of ether oxygens (including phenoxy) is 4. The molecule has 0 aliphatic carbocycles. The average Bonchev–Trinajstić information content (AvgIpc) is 3.78. The molecule has 3 aromatic carbocycles. The Hall–Kier alpha value is -4.40. The molecule has 6 aromatic rings. The van der Waals surface area contributed by atoms with E-state index in [-0.39, 0.29) is 11.5 Å². The Morgan fingerprint density at radius 1 is 0.982 bits per heavy atom. The minimum atomic E-state index is -1.02. The fourth-order valence-electron chi connectivity index (χ4n) is 7.70. The maximum Gasteiger partial charge on any atom is 0.352 e. The van der Waals surface area contributed by atoms with Crippen molar-refractivity contribution in [1.82, 2.24) is 24.1 Å². The van der Waals surface area contributed by atoms with Gasteiger partial charge in [-0.05, 0) is 92.1 Å². The zero-order valence-electron chi connectivity index (χ0n) is 32.2. The van der Waals surface area contributed by atoms with Crippen molar-refractivity contribution in [3.8, 4) is 16.9 Å². The SMILES string of the molecule is COCCOCCOCCn1nc(C)c2c1CSCc1cc(n(C)n1)CCc1cc(c3ccc(F)cc3c1)OCCCn1c(C(=O)O)c(C)c3c-2c(Cl)ccc31. The number of halogens is 2. The summed E-state index contributed by atoms with van der Waals surface area (Å²) in [5.74, 6) is 0.621. The molecule has 0 saturated heterocycles. The first-order chi connectivity index (χ1) is 27.1. The molecule has 1 aliphatic rings. The van der Waals surface area contributed by atoms with E-state index in [2.05, 4.69) is 6.07 Å². The van der Waals surface area contributed by atoms with Crippen molar-refractivity contribution in [2.75, 3.05) is 46.8 Å². The molecule has 11 nitrogen and oxygen atoms in total. The van der Waals surface area contributed by atoms with Gasteiger partial charge in [-0.2, -0.15) is 10.2 Å². The number of aromatic nitrogens is 5. The van der Waals surface area contributed by atoms with E-state index in [4.69, 9.17) is 40.7 Å². The third-order valence-corrected chi connectivity index (χ3v) is 11.6. The summed E-state index contributed by atoms with van der Waals surface area (Å²) in [5.41, 5.74) is 8.15. The van der Waals surface area contributed by atoms with Gasteiger partial charge in [0, 0.05) is 70.3 Å². The standard InChI is InChI=1S/C42H47ClFN5O6S/c1-26-38-35-11-10-34(43)40(38)39-27(2)45-49(13-15-53-18-19-54-17-16-52-4)36(39)25-56-24-31-23-32(47(3)46-31)8-6-28-20-29-22-30(44)7-9-33(29)37(21-28)55-14-5-12-48(35)41(26)42(50)51/h7,9-11,20-23H,5-6,8,12-19,24-25H2,1-4H3,(H,50,51). The van der Waals surface area contributed by atoms with E-state index in [0.717, 1.165) is 74.0 Å². The van der Waals surface area contributed by atoms with Crippen molar-refractivity contribution < 1.29 is 33.2 Å². The van der Waals surface area contributed by atoms with Crippen LogP contribution in [0.25, 0.3) is 32.8 Å². The highest BCUT2D eigenvalue weighted by molar-refractivity contribution is 7.97. The second-order valence-electron chi connectivity index (χ2n) is 14.0. The van der Waals surface area contributed by atoms with E-state index in [1.54, 1.807) is 24.9 Å². The number of nitrogens with zero attached hydrogens (tertiary/aromatic N) is 5. The molecule has 0 spiro atoms. The van der Waals surface area contributed by atoms with E-state index in [0.29, 0.717) is 87.0 Å². The largest absolute Gasteiger partial charge is 0.493 e. The molecular formula is C42H47ClFN5O6S. The van der Waals surface area contributed by atoms with Crippen molar-refractivity contribution in [2.24, 2.45) is 7.05 Å². The molecular weight excluding hydrogens is 757 g/mol. The number of carboxylic acid groups (broad SMARTS) is 1. The van der Waals surface area contributed by atoms with E-state index in [9.17, 15) is 14.3 Å². The lowest BCUT2D eigenvalue weighted by atomic mass is 9.97. The molecule has 0 amide bonds. The minimum Gasteiger partial charge on any atom is -0.493 e. The monoisotopic (exact) mass is 803 g/mol. The van der Waals surface area contributed by atoms with Crippen LogP contribution in [-0.4, -0.2) is 82.0 Å². The van der Waals surface area contributed by atoms with Crippen LogP contribution >= 0.6 is 23.4 Å². The first kappa shape index (κ1) is 39.8. The van der Waals surface area contributed by atoms with Crippen molar-refractivity contribution >= 4 is 51.0 Å². The van der Waals surface area contributed by atoms with E-state index in [1.165, 1.54) is 12.1 Å². The maximum absolute atomic E-state index is 14.4. The fourth-order valence-corrected chi connectivity index (χ4v) is 8.89. The number of carboxylic acids is 1. The summed E-state index contributed by atoms with van der Waals surface area (Å²) < 4.78 is 43.1. The molecule has 0 unspecified atom stereocenters. The van der Waals surface area contributed by atoms with Gasteiger partial charge >= 0.3 is 5.97 Å². The van der Waals surface area contributed by atoms with Gasteiger partial charge in [0.05, 0.1) is 63.3 Å². The third-order valence-electron chi connectivity index (χ3n) is 10.3. The summed E-state index contributed by atoms with van der Waals surface area (Å²) in [6, 6.07) is 14.7.